The molecule has 0 aromatic carbocycles. The number of pyridine rings is 1. The Morgan fingerprint density at radius 1 is 1.43 bits per heavy atom. The van der Waals surface area contributed by atoms with Gasteiger partial charge in [0.25, 0.3) is 0 Å². The Bertz CT molecular complexity index is 395. The van der Waals surface area contributed by atoms with E-state index in [4.69, 9.17) is 0 Å². The van der Waals surface area contributed by atoms with Crippen LogP contribution in [0.3, 0.4) is 0 Å². The fraction of sp³-hybridized carbons (Fsp3) is 0.250. The van der Waals surface area contributed by atoms with Gasteiger partial charge in [-0.25, -0.2) is 4.98 Å². The molecule has 0 aliphatic heterocycles. The highest BCUT2D eigenvalue weighted by atomic mass is 15.6. The van der Waals surface area contributed by atoms with Crippen LogP contribution >= 0.6 is 0 Å². The van der Waals surface area contributed by atoms with E-state index < -0.39 is 0 Å². The van der Waals surface area contributed by atoms with E-state index in [9.17, 15) is 0 Å². The van der Waals surface area contributed by atoms with E-state index in [1.54, 1.807) is 10.9 Å². The average molecular weight is 190 g/mol. The van der Waals surface area contributed by atoms with E-state index in [-0.39, 0.29) is 0 Å². The predicted octanol–water partition coefficient (Wildman–Crippen LogP) is -0.223. The molecule has 0 fully saturated rings. The first-order valence-electron chi connectivity index (χ1n) is 4.25. The molecule has 0 atom stereocenters. The molecule has 0 aliphatic carbocycles. The molecule has 0 spiro atoms. The van der Waals surface area contributed by atoms with E-state index in [1.165, 1.54) is 0 Å². The summed E-state index contributed by atoms with van der Waals surface area (Å²) >= 11 is 0. The summed E-state index contributed by atoms with van der Waals surface area (Å²) in [6.07, 6.45) is 1.71. The summed E-state index contributed by atoms with van der Waals surface area (Å²) in [6, 6.07) is 5.61. The third-order valence-corrected chi connectivity index (χ3v) is 1.74. The van der Waals surface area contributed by atoms with Gasteiger partial charge in [0.05, 0.1) is 6.54 Å². The highest BCUT2D eigenvalue weighted by Gasteiger charge is 2.06. The van der Waals surface area contributed by atoms with Crippen LogP contribution in [0.2, 0.25) is 0 Å². The molecule has 1 N–H and O–H groups in total. The van der Waals surface area contributed by atoms with Crippen molar-refractivity contribution in [3.63, 3.8) is 0 Å². The Hall–Kier alpha value is -1.82. The topological polar surface area (TPSA) is 68.5 Å². The molecule has 6 heteroatoms. The predicted molar refractivity (Wildman–Crippen MR) is 49.7 cm³/mol. The lowest BCUT2D eigenvalue weighted by Crippen LogP contribution is -2.12. The molecule has 0 saturated carbocycles. The molecule has 0 unspecified atom stereocenters. The summed E-state index contributed by atoms with van der Waals surface area (Å²) in [6.45, 7) is 0.615. The molecule has 0 bridgehead atoms. The Morgan fingerprint density at radius 2 is 2.36 bits per heavy atom. The van der Waals surface area contributed by atoms with Crippen molar-refractivity contribution in [1.82, 2.24) is 30.5 Å². The summed E-state index contributed by atoms with van der Waals surface area (Å²) in [5.41, 5.74) is 0. The van der Waals surface area contributed by atoms with Crippen LogP contribution in [0.15, 0.2) is 24.4 Å². The quantitative estimate of drug-likeness (QED) is 0.724. The maximum absolute atomic E-state index is 4.16. The molecule has 2 heterocycles. The minimum absolute atomic E-state index is 0.615. The first-order chi connectivity index (χ1) is 6.92. The number of hydrogen-bond acceptors (Lipinski definition) is 5. The van der Waals surface area contributed by atoms with Gasteiger partial charge < -0.3 is 5.32 Å². The normalized spacial score (nSPS) is 10.4. The Morgan fingerprint density at radius 3 is 3.07 bits per heavy atom. The highest BCUT2D eigenvalue weighted by Crippen LogP contribution is 2.02. The van der Waals surface area contributed by atoms with Gasteiger partial charge in [0.2, 0.25) is 0 Å². The molecule has 14 heavy (non-hydrogen) atoms. The maximum Gasteiger partial charge on any atom is 0.172 e. The summed E-state index contributed by atoms with van der Waals surface area (Å²) in [4.78, 5) is 4.16. The first kappa shape index (κ1) is 8.76. The summed E-state index contributed by atoms with van der Waals surface area (Å²) < 4.78 is 1.61. The van der Waals surface area contributed by atoms with Crippen molar-refractivity contribution in [2.24, 2.45) is 0 Å². The van der Waals surface area contributed by atoms with E-state index in [0.717, 1.165) is 11.6 Å². The average Bonchev–Trinajstić information content (AvgIpc) is 2.68. The summed E-state index contributed by atoms with van der Waals surface area (Å²) in [7, 11) is 1.84. The lowest BCUT2D eigenvalue weighted by molar-refractivity contribution is 0.698. The van der Waals surface area contributed by atoms with Gasteiger partial charge in [0, 0.05) is 6.20 Å². The van der Waals surface area contributed by atoms with Crippen molar-refractivity contribution in [3.8, 4) is 5.82 Å². The molecular formula is C8H10N6. The second-order valence-corrected chi connectivity index (χ2v) is 2.73. The van der Waals surface area contributed by atoms with Crippen molar-refractivity contribution in [2.75, 3.05) is 7.05 Å². The zero-order valence-corrected chi connectivity index (χ0v) is 7.75. The van der Waals surface area contributed by atoms with Crippen molar-refractivity contribution in [3.05, 3.63) is 30.2 Å². The summed E-state index contributed by atoms with van der Waals surface area (Å²) in [5.74, 6) is 1.47. The van der Waals surface area contributed by atoms with Crippen LogP contribution < -0.4 is 5.32 Å². The molecule has 2 aromatic rings. The third-order valence-electron chi connectivity index (χ3n) is 1.74. The van der Waals surface area contributed by atoms with Crippen LogP contribution in [-0.2, 0) is 6.54 Å². The minimum Gasteiger partial charge on any atom is -0.313 e. The number of nitrogens with one attached hydrogen (secondary N) is 1. The molecule has 0 amide bonds. The van der Waals surface area contributed by atoms with Gasteiger partial charge in [-0.2, -0.15) is 4.68 Å². The highest BCUT2D eigenvalue weighted by molar-refractivity contribution is 5.20. The van der Waals surface area contributed by atoms with Crippen molar-refractivity contribution in [2.45, 2.75) is 6.54 Å². The van der Waals surface area contributed by atoms with Crippen molar-refractivity contribution >= 4 is 0 Å². The molecule has 0 aliphatic rings. The second kappa shape index (κ2) is 3.93. The lowest BCUT2D eigenvalue weighted by Gasteiger charge is -2.01. The minimum atomic E-state index is 0.615. The standard InChI is InChI=1S/C8H10N6/c1-9-6-8-11-12-13-14(8)7-4-2-3-5-10-7/h2-5,9H,6H2,1H3. The first-order valence-corrected chi connectivity index (χ1v) is 4.25. The maximum atomic E-state index is 4.16. The SMILES string of the molecule is CNCc1nnnn1-c1ccccn1. The van der Waals surface area contributed by atoms with Crippen LogP contribution in [0, 0.1) is 0 Å². The van der Waals surface area contributed by atoms with E-state index >= 15 is 0 Å². The van der Waals surface area contributed by atoms with Gasteiger partial charge in [-0.3, -0.25) is 0 Å². The van der Waals surface area contributed by atoms with Gasteiger partial charge >= 0.3 is 0 Å². The van der Waals surface area contributed by atoms with Crippen LogP contribution in [0.25, 0.3) is 5.82 Å². The van der Waals surface area contributed by atoms with Gasteiger partial charge in [0.1, 0.15) is 0 Å². The van der Waals surface area contributed by atoms with E-state index in [2.05, 4.69) is 25.8 Å². The van der Waals surface area contributed by atoms with Crippen LogP contribution in [0.4, 0.5) is 0 Å². The number of nitrogens with zero attached hydrogens (tertiary/aromatic N) is 5. The smallest absolute Gasteiger partial charge is 0.172 e. The molecule has 2 aromatic heterocycles. The van der Waals surface area contributed by atoms with Crippen molar-refractivity contribution in [1.29, 1.82) is 0 Å². The van der Waals surface area contributed by atoms with Gasteiger partial charge in [0.15, 0.2) is 11.6 Å². The third kappa shape index (κ3) is 1.60. The number of tetrazole rings is 1. The molecule has 0 saturated heterocycles. The number of aromatic nitrogens is 5. The largest absolute Gasteiger partial charge is 0.313 e. The fourth-order valence-electron chi connectivity index (χ4n) is 1.13. The zero-order valence-electron chi connectivity index (χ0n) is 7.75. The van der Waals surface area contributed by atoms with Crippen LogP contribution in [0.5, 0.6) is 0 Å². The van der Waals surface area contributed by atoms with Gasteiger partial charge in [-0.05, 0) is 29.6 Å². The van der Waals surface area contributed by atoms with Crippen molar-refractivity contribution < 1.29 is 0 Å². The van der Waals surface area contributed by atoms with Gasteiger partial charge in [-0.1, -0.05) is 6.07 Å². The monoisotopic (exact) mass is 190 g/mol. The van der Waals surface area contributed by atoms with E-state index in [1.807, 2.05) is 25.2 Å². The lowest BCUT2D eigenvalue weighted by atomic mass is 10.4. The zero-order chi connectivity index (χ0) is 9.80. The Labute approximate surface area is 81.0 Å². The molecular weight excluding hydrogens is 180 g/mol. The molecule has 2 rings (SSSR count). The number of hydrogen-bond donors (Lipinski definition) is 1. The Balaban J connectivity index is 2.37. The van der Waals surface area contributed by atoms with Gasteiger partial charge in [-0.15, -0.1) is 5.10 Å². The molecule has 0 radical (unpaired) electrons. The van der Waals surface area contributed by atoms with Crippen LogP contribution in [-0.4, -0.2) is 32.2 Å². The molecule has 6 nitrogen and oxygen atoms in total. The van der Waals surface area contributed by atoms with Crippen LogP contribution in [0.1, 0.15) is 5.82 Å². The second-order valence-electron chi connectivity index (χ2n) is 2.73. The summed E-state index contributed by atoms with van der Waals surface area (Å²) in [5, 5.41) is 14.3. The molecule has 72 valence electrons. The number of rotatable bonds is 3. The Kier molecular flexibility index (Phi) is 2.46. The van der Waals surface area contributed by atoms with E-state index in [0.29, 0.717) is 6.54 Å². The fourth-order valence-corrected chi connectivity index (χ4v) is 1.13.